The van der Waals surface area contributed by atoms with Gasteiger partial charge in [0, 0.05) is 43.6 Å². The number of hydrogen-bond donors (Lipinski definition) is 2. The van der Waals surface area contributed by atoms with Crippen LogP contribution in [0.4, 0.5) is 10.7 Å². The Morgan fingerprint density at radius 3 is 2.58 bits per heavy atom. The van der Waals surface area contributed by atoms with Gasteiger partial charge >= 0.3 is 6.09 Å². The number of anilines is 1. The Morgan fingerprint density at radius 1 is 1.10 bits per heavy atom. The van der Waals surface area contributed by atoms with Crippen molar-refractivity contribution in [1.82, 2.24) is 35.2 Å². The van der Waals surface area contributed by atoms with E-state index >= 15 is 0 Å². The molecule has 1 saturated carbocycles. The number of carbonyl (C=O) groups is 2. The van der Waals surface area contributed by atoms with Crippen LogP contribution in [0, 0.1) is 11.8 Å². The number of aromatic nitrogens is 4. The molecule has 3 aliphatic rings. The molecule has 212 valence electrons. The Kier molecular flexibility index (Phi) is 7.03. The number of fused-ring (bicyclic) bond motifs is 1. The zero-order valence-corrected chi connectivity index (χ0v) is 24.0. The minimum Gasteiger partial charge on any atom is -0.351 e. The predicted molar refractivity (Wildman–Crippen MR) is 152 cm³/mol. The molecule has 2 saturated heterocycles. The number of hydroxylamine groups is 1. The number of nitrogens with zero attached hydrogens (tertiary/aromatic N) is 6. The molecule has 2 aliphatic heterocycles. The summed E-state index contributed by atoms with van der Waals surface area (Å²) in [4.78, 5) is 48.1. The molecule has 2 amide bonds. The van der Waals surface area contributed by atoms with Crippen molar-refractivity contribution in [3.63, 3.8) is 0 Å². The summed E-state index contributed by atoms with van der Waals surface area (Å²) < 4.78 is 2.29. The Morgan fingerprint density at radius 2 is 1.88 bits per heavy atom. The van der Waals surface area contributed by atoms with Gasteiger partial charge in [0.2, 0.25) is 11.9 Å². The van der Waals surface area contributed by atoms with Crippen LogP contribution in [-0.2, 0) is 9.63 Å². The topological polar surface area (TPSA) is 118 Å². The second kappa shape index (κ2) is 10.5. The number of hydrogen-bond acceptors (Lipinski definition) is 8. The molecular weight excluding hydrogens is 532 g/mol. The van der Waals surface area contributed by atoms with Crippen LogP contribution < -0.4 is 15.7 Å². The Balaban J connectivity index is 1.58. The summed E-state index contributed by atoms with van der Waals surface area (Å²) in [6, 6.07) is 3.90. The molecule has 0 bridgehead atoms. The van der Waals surface area contributed by atoms with Gasteiger partial charge in [0.05, 0.1) is 27.4 Å². The zero-order valence-electron chi connectivity index (χ0n) is 23.2. The van der Waals surface area contributed by atoms with E-state index in [9.17, 15) is 9.59 Å². The first-order valence-corrected chi connectivity index (χ1v) is 14.3. The molecule has 2 unspecified atom stereocenters. The van der Waals surface area contributed by atoms with E-state index in [4.69, 9.17) is 26.4 Å². The lowest BCUT2D eigenvalue weighted by atomic mass is 9.79. The average molecular weight is 567 g/mol. The third-order valence-corrected chi connectivity index (χ3v) is 8.89. The van der Waals surface area contributed by atoms with Gasteiger partial charge in [0.25, 0.3) is 0 Å². The van der Waals surface area contributed by atoms with Crippen molar-refractivity contribution in [2.45, 2.75) is 64.7 Å². The number of imidazole rings is 1. The molecule has 3 atom stereocenters. The molecule has 0 aromatic carbocycles. The zero-order chi connectivity index (χ0) is 28.1. The van der Waals surface area contributed by atoms with Crippen LogP contribution >= 0.6 is 11.6 Å². The van der Waals surface area contributed by atoms with Crippen molar-refractivity contribution >= 4 is 40.6 Å². The highest BCUT2D eigenvalue weighted by Crippen LogP contribution is 2.42. The second-order valence-electron chi connectivity index (χ2n) is 11.5. The number of nitrogens with one attached hydrogen (secondary N) is 2. The van der Waals surface area contributed by atoms with Crippen LogP contribution in [0.3, 0.4) is 0 Å². The highest BCUT2D eigenvalue weighted by atomic mass is 35.5. The smallest absolute Gasteiger partial charge is 0.351 e. The number of piperazine rings is 1. The van der Waals surface area contributed by atoms with E-state index < -0.39 is 12.3 Å². The Hall–Kier alpha value is -3.44. The number of halogens is 1. The van der Waals surface area contributed by atoms with Crippen molar-refractivity contribution in [3.8, 4) is 11.3 Å². The molecule has 40 heavy (non-hydrogen) atoms. The van der Waals surface area contributed by atoms with E-state index in [1.807, 2.05) is 19.2 Å². The minimum absolute atomic E-state index is 0.0592. The molecule has 11 nitrogen and oxygen atoms in total. The van der Waals surface area contributed by atoms with Gasteiger partial charge in [-0.1, -0.05) is 31.4 Å². The third kappa shape index (κ3) is 4.85. The molecule has 3 aromatic heterocycles. The van der Waals surface area contributed by atoms with E-state index in [1.54, 1.807) is 17.3 Å². The van der Waals surface area contributed by atoms with Crippen LogP contribution in [0.25, 0.3) is 22.3 Å². The number of carbonyl (C=O) groups excluding carboxylic acids is 2. The number of amides is 2. The van der Waals surface area contributed by atoms with Crippen LogP contribution in [-0.4, -0.2) is 62.6 Å². The fraction of sp³-hybridized carbons (Fsp3) is 0.536. The van der Waals surface area contributed by atoms with Crippen LogP contribution in [0.1, 0.15) is 64.4 Å². The molecular formula is C28H35ClN8O3. The molecule has 1 aliphatic carbocycles. The number of rotatable bonds is 5. The van der Waals surface area contributed by atoms with Crippen molar-refractivity contribution in [2.24, 2.45) is 11.8 Å². The summed E-state index contributed by atoms with van der Waals surface area (Å²) in [5, 5.41) is 3.23. The van der Waals surface area contributed by atoms with Crippen LogP contribution in [0.2, 0.25) is 5.02 Å². The van der Waals surface area contributed by atoms with Gasteiger partial charge in [0.1, 0.15) is 6.54 Å². The van der Waals surface area contributed by atoms with E-state index in [2.05, 4.69) is 46.0 Å². The molecule has 5 heterocycles. The van der Waals surface area contributed by atoms with Crippen molar-refractivity contribution in [3.05, 3.63) is 35.2 Å². The Labute approximate surface area is 238 Å². The monoisotopic (exact) mass is 566 g/mol. The molecule has 0 spiro atoms. The quantitative estimate of drug-likeness (QED) is 0.465. The lowest BCUT2D eigenvalue weighted by molar-refractivity contribution is -0.130. The molecule has 2 N–H and O–H groups in total. The summed E-state index contributed by atoms with van der Waals surface area (Å²) >= 11 is 6.39. The van der Waals surface area contributed by atoms with Gasteiger partial charge < -0.3 is 19.2 Å². The van der Waals surface area contributed by atoms with Gasteiger partial charge in [-0.3, -0.25) is 15.1 Å². The minimum atomic E-state index is -0.641. The van der Waals surface area contributed by atoms with E-state index in [0.717, 1.165) is 35.8 Å². The van der Waals surface area contributed by atoms with Crippen LogP contribution in [0.15, 0.2) is 24.5 Å². The molecule has 3 fully saturated rings. The fourth-order valence-electron chi connectivity index (χ4n) is 6.30. The SMILES string of the molecule is CC1CCC(C(C)n2c(N3CC(=O)N(C)C[C@H]3C)nc3cc(C4NOC(=O)N4)nc(-c4cncc(Cl)c4)c32)CC1. The van der Waals surface area contributed by atoms with Crippen LogP contribution in [0.5, 0.6) is 0 Å². The summed E-state index contributed by atoms with van der Waals surface area (Å²) in [5.74, 6) is 2.00. The molecule has 12 heteroatoms. The molecule has 0 radical (unpaired) electrons. The highest BCUT2D eigenvalue weighted by molar-refractivity contribution is 6.30. The summed E-state index contributed by atoms with van der Waals surface area (Å²) in [7, 11) is 1.84. The number of pyridine rings is 2. The van der Waals surface area contributed by atoms with Crippen molar-refractivity contribution < 1.29 is 14.4 Å². The summed E-state index contributed by atoms with van der Waals surface area (Å²) in [6.45, 7) is 7.57. The van der Waals surface area contributed by atoms with Gasteiger partial charge in [-0.25, -0.2) is 14.8 Å². The van der Waals surface area contributed by atoms with E-state index in [-0.39, 0.29) is 24.5 Å². The normalized spacial score (nSPS) is 26.2. The maximum absolute atomic E-state index is 12.9. The second-order valence-corrected chi connectivity index (χ2v) is 12.0. The first kappa shape index (κ1) is 26.8. The van der Waals surface area contributed by atoms with E-state index in [0.29, 0.717) is 34.4 Å². The summed E-state index contributed by atoms with van der Waals surface area (Å²) in [5.41, 5.74) is 6.22. The summed E-state index contributed by atoms with van der Waals surface area (Å²) in [6.07, 6.45) is 6.76. The molecule has 3 aromatic rings. The predicted octanol–water partition coefficient (Wildman–Crippen LogP) is 4.44. The maximum atomic E-state index is 12.9. The van der Waals surface area contributed by atoms with Gasteiger partial charge in [-0.15, -0.1) is 5.48 Å². The van der Waals surface area contributed by atoms with Crippen molar-refractivity contribution in [2.75, 3.05) is 25.0 Å². The maximum Gasteiger partial charge on any atom is 0.427 e. The number of likely N-dealkylation sites (N-methyl/N-ethyl adjacent to an activating group) is 1. The van der Waals surface area contributed by atoms with Gasteiger partial charge in [0.15, 0.2) is 6.17 Å². The first-order chi connectivity index (χ1) is 19.2. The molecule has 6 rings (SSSR count). The highest BCUT2D eigenvalue weighted by Gasteiger charge is 2.36. The average Bonchev–Trinajstić information content (AvgIpc) is 3.54. The standard InChI is InChI=1S/C28H35ClN8O3/c1-15-5-7-18(8-6-15)17(3)37-25-21(32-27(37)36-14-23(38)35(4)13-16(36)2)10-22(26-33-28(39)40-34-26)31-24(25)19-9-20(29)12-30-11-19/h9-12,15-18,26,34H,5-8,13-14H2,1-4H3,(H,33,39)/t15?,16-,17?,18?,26?/m1/s1. The van der Waals surface area contributed by atoms with E-state index in [1.165, 1.54) is 12.8 Å². The van der Waals surface area contributed by atoms with Crippen molar-refractivity contribution in [1.29, 1.82) is 0 Å². The first-order valence-electron chi connectivity index (χ1n) is 14.0. The lowest BCUT2D eigenvalue weighted by Gasteiger charge is -2.40. The fourth-order valence-corrected chi connectivity index (χ4v) is 6.47. The van der Waals surface area contributed by atoms with Gasteiger partial charge in [-0.05, 0) is 50.7 Å². The van der Waals surface area contributed by atoms with Gasteiger partial charge in [-0.2, -0.15) is 0 Å². The largest absolute Gasteiger partial charge is 0.427 e. The Bertz CT molecular complexity index is 1450. The third-order valence-electron chi connectivity index (χ3n) is 8.68. The lowest BCUT2D eigenvalue weighted by Crippen LogP contribution is -2.54.